The lowest BCUT2D eigenvalue weighted by Crippen LogP contribution is -2.46. The third-order valence-electron chi connectivity index (χ3n) is 4.61. The van der Waals surface area contributed by atoms with Crippen LogP contribution in [0.3, 0.4) is 0 Å². The summed E-state index contributed by atoms with van der Waals surface area (Å²) in [4.78, 5) is 27.4. The summed E-state index contributed by atoms with van der Waals surface area (Å²) in [5.74, 6) is -3.84. The van der Waals surface area contributed by atoms with Crippen LogP contribution >= 0.6 is 0 Å². The number of carbonyl (C=O) groups excluding carboxylic acids is 1. The number of ether oxygens (including phenoxy) is 4. The number of hydrogen-bond acceptors (Lipinski definition) is 8. The molecule has 10 nitrogen and oxygen atoms in total. The van der Waals surface area contributed by atoms with Crippen LogP contribution in [0.5, 0.6) is 0 Å². The van der Waals surface area contributed by atoms with Crippen LogP contribution in [0, 0.1) is 0 Å². The fourth-order valence-electron chi connectivity index (χ4n) is 3.20. The van der Waals surface area contributed by atoms with Crippen molar-refractivity contribution in [3.63, 3.8) is 0 Å². The summed E-state index contributed by atoms with van der Waals surface area (Å²) in [7, 11) is 0. The first-order valence-electron chi connectivity index (χ1n) is 9.42. The molecule has 4 atom stereocenters. The number of rotatable bonds is 7. The number of aromatic nitrogens is 2. The molecule has 1 aromatic rings. The highest BCUT2D eigenvalue weighted by molar-refractivity contribution is 5.83. The van der Waals surface area contributed by atoms with Gasteiger partial charge in [-0.3, -0.25) is 9.88 Å². The predicted molar refractivity (Wildman–Crippen MR) is 98.1 cm³/mol. The zero-order valence-corrected chi connectivity index (χ0v) is 16.0. The Labute approximate surface area is 170 Å². The van der Waals surface area contributed by atoms with E-state index < -0.39 is 49.0 Å². The van der Waals surface area contributed by atoms with E-state index >= 15 is 8.78 Å². The van der Waals surface area contributed by atoms with Crippen LogP contribution in [0.15, 0.2) is 29.7 Å². The molecule has 2 fully saturated rings. The number of carbonyl (C=O) groups is 1. The van der Waals surface area contributed by atoms with Gasteiger partial charge in [-0.25, -0.2) is 9.59 Å². The van der Waals surface area contributed by atoms with E-state index in [1.54, 1.807) is 0 Å². The van der Waals surface area contributed by atoms with Crippen molar-refractivity contribution in [3.05, 3.63) is 35.4 Å². The number of halogens is 2. The van der Waals surface area contributed by atoms with Crippen molar-refractivity contribution in [2.75, 3.05) is 25.1 Å². The van der Waals surface area contributed by atoms with Gasteiger partial charge < -0.3 is 24.1 Å². The number of alkyl halides is 2. The quantitative estimate of drug-likeness (QED) is 0.622. The Kier molecular flexibility index (Phi) is 7.13. The topological polar surface area (TPSA) is 121 Å². The van der Waals surface area contributed by atoms with Gasteiger partial charge >= 0.3 is 17.7 Å². The van der Waals surface area contributed by atoms with Crippen molar-refractivity contribution in [3.8, 4) is 0 Å². The highest BCUT2D eigenvalue weighted by Crippen LogP contribution is 2.44. The molecule has 3 heterocycles. The molecule has 166 valence electrons. The van der Waals surface area contributed by atoms with Crippen molar-refractivity contribution < 1.29 is 37.6 Å². The van der Waals surface area contributed by atoms with Gasteiger partial charge in [0, 0.05) is 12.8 Å². The van der Waals surface area contributed by atoms with E-state index in [0.29, 0.717) is 17.6 Å². The Bertz CT molecular complexity index is 813. The predicted octanol–water partition coefficient (Wildman–Crippen LogP) is 1.41. The summed E-state index contributed by atoms with van der Waals surface area (Å²) in [5.41, 5.74) is -1.09. The van der Waals surface area contributed by atoms with Crippen LogP contribution in [0.1, 0.15) is 25.5 Å². The Hall–Kier alpha value is -2.41. The van der Waals surface area contributed by atoms with Crippen molar-refractivity contribution in [2.45, 2.75) is 49.9 Å². The Balaban J connectivity index is 1.76. The lowest BCUT2D eigenvalue weighted by atomic mass is 10.1. The standard InChI is InChI=1S/C18H23F2N3O7/c1-2-8-28-17(26)22-12-6-7-23(16(25)21-12)15-18(19,20)14(11(10-24)29-15)30-13-5-3-4-9-27-13/h2,6-7,11,13-15,24H,1,3-5,8-10H2,(H,21,22,25,26)/t11-,13?,14-,15-/m1/s1. The number of nitrogens with zero attached hydrogens (tertiary/aromatic N) is 2. The molecular formula is C18H23F2N3O7. The minimum atomic E-state index is -3.66. The van der Waals surface area contributed by atoms with E-state index in [2.05, 4.69) is 16.9 Å². The number of hydrogen-bond donors (Lipinski definition) is 2. The van der Waals surface area contributed by atoms with Gasteiger partial charge in [-0.15, -0.1) is 0 Å². The van der Waals surface area contributed by atoms with Gasteiger partial charge in [0.15, 0.2) is 12.4 Å². The average molecular weight is 431 g/mol. The maximum absolute atomic E-state index is 15.1. The molecule has 2 aliphatic heterocycles. The van der Waals surface area contributed by atoms with E-state index in [-0.39, 0.29) is 12.4 Å². The maximum atomic E-state index is 15.1. The molecule has 30 heavy (non-hydrogen) atoms. The van der Waals surface area contributed by atoms with Crippen LogP contribution < -0.4 is 11.0 Å². The number of aliphatic hydroxyl groups is 1. The van der Waals surface area contributed by atoms with Gasteiger partial charge in [0.05, 0.1) is 6.61 Å². The molecule has 0 radical (unpaired) electrons. The molecule has 0 spiro atoms. The fourth-order valence-corrected chi connectivity index (χ4v) is 3.20. The second-order valence-corrected chi connectivity index (χ2v) is 6.75. The first-order chi connectivity index (χ1) is 14.4. The summed E-state index contributed by atoms with van der Waals surface area (Å²) < 4.78 is 51.4. The molecule has 2 N–H and O–H groups in total. The van der Waals surface area contributed by atoms with Crippen molar-refractivity contribution in [2.24, 2.45) is 0 Å². The monoisotopic (exact) mass is 431 g/mol. The van der Waals surface area contributed by atoms with E-state index in [4.69, 9.17) is 18.9 Å². The summed E-state index contributed by atoms with van der Waals surface area (Å²) >= 11 is 0. The molecule has 1 aromatic heterocycles. The van der Waals surface area contributed by atoms with E-state index in [9.17, 15) is 14.7 Å². The Morgan fingerprint density at radius 1 is 1.50 bits per heavy atom. The molecule has 2 aliphatic rings. The lowest BCUT2D eigenvalue weighted by molar-refractivity contribution is -0.239. The van der Waals surface area contributed by atoms with Gasteiger partial charge in [0.1, 0.15) is 18.5 Å². The fraction of sp³-hybridized carbons (Fsp3) is 0.611. The zero-order chi connectivity index (χ0) is 21.7. The second kappa shape index (κ2) is 9.60. The largest absolute Gasteiger partial charge is 0.445 e. The molecule has 0 aromatic carbocycles. The van der Waals surface area contributed by atoms with Gasteiger partial charge in [0.2, 0.25) is 6.23 Å². The lowest BCUT2D eigenvalue weighted by Gasteiger charge is -2.30. The van der Waals surface area contributed by atoms with Crippen molar-refractivity contribution in [1.82, 2.24) is 9.55 Å². The third kappa shape index (κ3) is 4.83. The van der Waals surface area contributed by atoms with Crippen LogP contribution in [-0.4, -0.2) is 65.0 Å². The summed E-state index contributed by atoms with van der Waals surface area (Å²) in [6.45, 7) is 2.99. The van der Waals surface area contributed by atoms with Crippen molar-refractivity contribution >= 4 is 11.9 Å². The SMILES string of the molecule is C=CCOC(=O)Nc1ccn([C@@H]2O[C@H](CO)[C@@H](OC3CCCCO3)C2(F)F)c(=O)n1. The summed E-state index contributed by atoms with van der Waals surface area (Å²) in [6.07, 6.45) is -2.58. The number of amides is 1. The van der Waals surface area contributed by atoms with Crippen LogP contribution in [-0.2, 0) is 18.9 Å². The van der Waals surface area contributed by atoms with Gasteiger partial charge in [-0.2, -0.15) is 13.8 Å². The van der Waals surface area contributed by atoms with Crippen LogP contribution in [0.2, 0.25) is 0 Å². The van der Waals surface area contributed by atoms with Crippen LogP contribution in [0.4, 0.5) is 19.4 Å². The number of nitrogens with one attached hydrogen (secondary N) is 1. The molecular weight excluding hydrogens is 408 g/mol. The van der Waals surface area contributed by atoms with E-state index in [0.717, 1.165) is 25.1 Å². The Morgan fingerprint density at radius 3 is 2.93 bits per heavy atom. The summed E-state index contributed by atoms with van der Waals surface area (Å²) in [5, 5.41) is 11.7. The van der Waals surface area contributed by atoms with E-state index in [1.165, 1.54) is 6.08 Å². The van der Waals surface area contributed by atoms with Gasteiger partial charge in [-0.1, -0.05) is 12.7 Å². The normalized spacial score (nSPS) is 28.1. The van der Waals surface area contributed by atoms with Gasteiger partial charge in [-0.05, 0) is 25.3 Å². The van der Waals surface area contributed by atoms with E-state index in [1.807, 2.05) is 0 Å². The molecule has 2 saturated heterocycles. The number of anilines is 1. The molecule has 0 saturated carbocycles. The summed E-state index contributed by atoms with van der Waals surface area (Å²) in [6, 6.07) is 1.14. The highest BCUT2D eigenvalue weighted by atomic mass is 19.3. The molecule has 0 bridgehead atoms. The third-order valence-corrected chi connectivity index (χ3v) is 4.61. The first kappa shape index (κ1) is 22.3. The first-order valence-corrected chi connectivity index (χ1v) is 9.42. The van der Waals surface area contributed by atoms with Crippen molar-refractivity contribution in [1.29, 1.82) is 0 Å². The zero-order valence-electron chi connectivity index (χ0n) is 16.0. The minimum Gasteiger partial charge on any atom is -0.445 e. The molecule has 0 aliphatic carbocycles. The van der Waals surface area contributed by atoms with Crippen LogP contribution in [0.25, 0.3) is 0 Å². The molecule has 12 heteroatoms. The molecule has 3 rings (SSSR count). The smallest absolute Gasteiger partial charge is 0.413 e. The minimum absolute atomic E-state index is 0.0559. The molecule has 1 unspecified atom stereocenters. The Morgan fingerprint density at radius 2 is 2.30 bits per heavy atom. The number of aliphatic hydroxyl groups excluding tert-OH is 1. The molecule has 1 amide bonds. The van der Waals surface area contributed by atoms with Gasteiger partial charge in [0.25, 0.3) is 0 Å². The maximum Gasteiger partial charge on any atom is 0.413 e. The average Bonchev–Trinajstić information content (AvgIpc) is 2.97. The highest BCUT2D eigenvalue weighted by Gasteiger charge is 2.61. The second-order valence-electron chi connectivity index (χ2n) is 6.75.